The van der Waals surface area contributed by atoms with E-state index in [1.54, 1.807) is 6.07 Å². The van der Waals surface area contributed by atoms with Crippen LogP contribution in [0.4, 0.5) is 0 Å². The molecule has 0 heterocycles. The third kappa shape index (κ3) is 1.84. The fraction of sp³-hybridized carbons (Fsp3) is 0.200. The Labute approximate surface area is 67.1 Å². The highest BCUT2D eigenvalue weighted by molar-refractivity contribution is 5.75. The van der Waals surface area contributed by atoms with Crippen LogP contribution in [0.15, 0.2) is 24.3 Å². The summed E-state index contributed by atoms with van der Waals surface area (Å²) in [6, 6.07) is 7.59. The second-order valence-corrected chi connectivity index (χ2v) is 2.74. The topological polar surface area (TPSA) is 17.1 Å². The van der Waals surface area contributed by atoms with Gasteiger partial charge in [0.2, 0.25) is 0 Å². The largest absolute Gasteiger partial charge is 0.299 e. The normalized spacial score (nSPS) is 9.27. The molecule has 0 aromatic heterocycles. The zero-order valence-corrected chi connectivity index (χ0v) is 6.79. The van der Waals surface area contributed by atoms with Gasteiger partial charge in [0, 0.05) is 0 Å². The van der Waals surface area contributed by atoms with Crippen molar-refractivity contribution < 1.29 is 4.79 Å². The van der Waals surface area contributed by atoms with Crippen molar-refractivity contribution in [3.63, 3.8) is 0 Å². The summed E-state index contributed by atoms with van der Waals surface area (Å²) in [5.41, 5.74) is 1.87. The molecule has 0 fully saturated rings. The Balaban J connectivity index is 3.00. The maximum atomic E-state index is 10.4. The van der Waals surface area contributed by atoms with Crippen LogP contribution < -0.4 is 0 Å². The summed E-state index contributed by atoms with van der Waals surface area (Å²) in [5, 5.41) is 0. The summed E-state index contributed by atoms with van der Waals surface area (Å²) < 4.78 is 0. The zero-order chi connectivity index (χ0) is 8.27. The van der Waals surface area contributed by atoms with E-state index in [0.717, 1.165) is 17.4 Å². The van der Waals surface area contributed by atoms with Gasteiger partial charge in [-0.1, -0.05) is 19.9 Å². The molecule has 0 aliphatic carbocycles. The highest BCUT2D eigenvalue weighted by atomic mass is 16.1. The van der Waals surface area contributed by atoms with Crippen LogP contribution in [0, 0.1) is 5.92 Å². The molecule has 58 valence electrons. The lowest BCUT2D eigenvalue weighted by Crippen LogP contribution is -1.89. The Morgan fingerprint density at radius 2 is 2.09 bits per heavy atom. The Bertz CT molecular complexity index is 251. The van der Waals surface area contributed by atoms with Crippen molar-refractivity contribution in [2.45, 2.75) is 13.8 Å². The van der Waals surface area contributed by atoms with E-state index >= 15 is 0 Å². The number of carbonyl (C=O) groups is 1. The molecule has 0 saturated heterocycles. The second-order valence-electron chi connectivity index (χ2n) is 2.74. The first-order valence-corrected chi connectivity index (χ1v) is 3.60. The lowest BCUT2D eigenvalue weighted by molar-refractivity contribution is 0.112. The highest BCUT2D eigenvalue weighted by Gasteiger charge is 1.88. The van der Waals surface area contributed by atoms with Crippen molar-refractivity contribution in [3.8, 4) is 0 Å². The van der Waals surface area contributed by atoms with Crippen LogP contribution in [0.25, 0.3) is 0 Å². The molecule has 0 amide bonds. The quantitative estimate of drug-likeness (QED) is 0.464. The van der Waals surface area contributed by atoms with Gasteiger partial charge in [0.1, 0.15) is 6.29 Å². The van der Waals surface area contributed by atoms with E-state index in [4.69, 9.17) is 0 Å². The van der Waals surface area contributed by atoms with Gasteiger partial charge in [-0.2, -0.15) is 23.6 Å². The number of carbonyl (C=O) groups excluding carboxylic acids is 1. The Kier molecular flexibility index (Phi) is 2.32. The summed E-state index contributed by atoms with van der Waals surface area (Å²) in [5.74, 6) is 1.23. The van der Waals surface area contributed by atoms with Crippen molar-refractivity contribution in [2.75, 3.05) is 0 Å². The van der Waals surface area contributed by atoms with Crippen LogP contribution in [0.3, 0.4) is 0 Å². The minimum atomic E-state index is 0.740. The number of hydrogen-bond donors (Lipinski definition) is 0. The number of benzene rings is 1. The molecule has 1 heteroatoms. The van der Waals surface area contributed by atoms with Crippen LogP contribution >= 0.6 is 0 Å². The van der Waals surface area contributed by atoms with E-state index in [9.17, 15) is 4.79 Å². The van der Waals surface area contributed by atoms with Crippen molar-refractivity contribution >= 4 is 6.29 Å². The van der Waals surface area contributed by atoms with Crippen LogP contribution in [0.2, 0.25) is 0 Å². The molecule has 0 aliphatic heterocycles. The third-order valence-electron chi connectivity index (χ3n) is 1.60. The summed E-state index contributed by atoms with van der Waals surface area (Å²) >= 11 is 0. The molecule has 1 nitrogen and oxygen atoms in total. The van der Waals surface area contributed by atoms with Gasteiger partial charge in [-0.3, -0.25) is 4.79 Å². The fourth-order valence-corrected chi connectivity index (χ4v) is 0.923. The second kappa shape index (κ2) is 3.24. The first-order chi connectivity index (χ1) is 5.24. The molecule has 0 N–H and O–H groups in total. The lowest BCUT2D eigenvalue weighted by Gasteiger charge is -2.14. The predicted octanol–water partition coefficient (Wildman–Crippen LogP) is 2.46. The Morgan fingerprint density at radius 1 is 1.36 bits per heavy atom. The van der Waals surface area contributed by atoms with Crippen LogP contribution in [-0.4, -0.2) is 6.29 Å². The van der Waals surface area contributed by atoms with Crippen molar-refractivity contribution in [1.29, 1.82) is 0 Å². The van der Waals surface area contributed by atoms with Crippen molar-refractivity contribution in [1.82, 2.24) is 0 Å². The summed E-state index contributed by atoms with van der Waals surface area (Å²) in [7, 11) is 0. The van der Waals surface area contributed by atoms with Crippen LogP contribution in [-0.2, 0) is 0 Å². The minimum Gasteiger partial charge on any atom is -0.299 e. The zero-order valence-electron chi connectivity index (χ0n) is 6.79. The predicted molar refractivity (Wildman–Crippen MR) is 45.5 cm³/mol. The van der Waals surface area contributed by atoms with E-state index in [1.807, 2.05) is 32.0 Å². The molecule has 0 aliphatic rings. The van der Waals surface area contributed by atoms with Gasteiger partial charge in [-0.05, 0) is 5.56 Å². The lowest BCUT2D eigenvalue weighted by atomic mass is 10.0. The smallest absolute Gasteiger partial charge is 0.137 e. The van der Waals surface area contributed by atoms with Gasteiger partial charge in [-0.25, -0.2) is 0 Å². The molecule has 1 rings (SSSR count). The third-order valence-corrected chi connectivity index (χ3v) is 1.60. The molecule has 0 spiro atoms. The van der Waals surface area contributed by atoms with Gasteiger partial charge in [0.25, 0.3) is 0 Å². The first-order valence-electron chi connectivity index (χ1n) is 3.60. The fourth-order valence-electron chi connectivity index (χ4n) is 0.923. The maximum Gasteiger partial charge on any atom is 0.137 e. The van der Waals surface area contributed by atoms with Crippen molar-refractivity contribution in [2.24, 2.45) is 0 Å². The number of aldehydes is 1. The summed E-state index contributed by atoms with van der Waals surface area (Å²) in [6.45, 7) is 4.06. The maximum absolute atomic E-state index is 10.4. The molecule has 1 aromatic carbocycles. The molecule has 1 aromatic rings. The van der Waals surface area contributed by atoms with E-state index in [1.165, 1.54) is 5.92 Å². The van der Waals surface area contributed by atoms with Gasteiger partial charge >= 0.3 is 0 Å². The average molecular weight is 147 g/mol. The first kappa shape index (κ1) is 7.86. The molecule has 11 heavy (non-hydrogen) atoms. The average Bonchev–Trinajstić information content (AvgIpc) is 2.05. The van der Waals surface area contributed by atoms with E-state index in [2.05, 4.69) is 0 Å². The van der Waals surface area contributed by atoms with Gasteiger partial charge in [0.05, 0.1) is 0 Å². The molecular weight excluding hydrogens is 136 g/mol. The Morgan fingerprint density at radius 3 is 2.64 bits per heavy atom. The molecule has 0 unspecified atom stereocenters. The monoisotopic (exact) mass is 147 g/mol. The summed E-state index contributed by atoms with van der Waals surface area (Å²) in [6.07, 6.45) is 0.867. The minimum absolute atomic E-state index is 0.740. The van der Waals surface area contributed by atoms with E-state index < -0.39 is 0 Å². The van der Waals surface area contributed by atoms with Gasteiger partial charge < -0.3 is 0 Å². The SMILES string of the molecule is C[C-](C)c1cccc(C=O)c1. The van der Waals surface area contributed by atoms with Crippen LogP contribution in [0.5, 0.6) is 0 Å². The van der Waals surface area contributed by atoms with E-state index in [-0.39, 0.29) is 0 Å². The van der Waals surface area contributed by atoms with Crippen LogP contribution in [0.1, 0.15) is 29.8 Å². The molecule has 0 radical (unpaired) electrons. The standard InChI is InChI=1S/C10H11O/c1-8(2)10-5-3-4-9(6-10)7-11/h3-7H,1-2H3/q-1. The van der Waals surface area contributed by atoms with Gasteiger partial charge in [0.15, 0.2) is 0 Å². The number of rotatable bonds is 2. The molecular formula is C10H11O-. The molecule has 0 atom stereocenters. The molecule has 0 bridgehead atoms. The molecule has 0 saturated carbocycles. The van der Waals surface area contributed by atoms with Gasteiger partial charge in [-0.15, -0.1) is 6.07 Å². The highest BCUT2D eigenvalue weighted by Crippen LogP contribution is 2.13. The van der Waals surface area contributed by atoms with Crippen molar-refractivity contribution in [3.05, 3.63) is 41.3 Å². The number of hydrogen-bond acceptors (Lipinski definition) is 1. The van der Waals surface area contributed by atoms with E-state index in [0.29, 0.717) is 0 Å². The Hall–Kier alpha value is -1.24. The summed E-state index contributed by atoms with van der Waals surface area (Å²) in [4.78, 5) is 10.4.